The third kappa shape index (κ3) is 4.39. The first-order valence-electron chi connectivity index (χ1n) is 5.63. The highest BCUT2D eigenvalue weighted by molar-refractivity contribution is 5.80. The molecule has 0 saturated heterocycles. The van der Waals surface area contributed by atoms with Crippen molar-refractivity contribution in [1.29, 1.82) is 0 Å². The standard InChI is InChI=1S/C14H12F2N2O/c15-14(16)19-13-8-4-5-11(9-13)10-17-18-12-6-2-1-3-7-12/h1-10,14,18H. The van der Waals surface area contributed by atoms with Gasteiger partial charge < -0.3 is 4.74 Å². The molecule has 0 spiro atoms. The Morgan fingerprint density at radius 1 is 1.05 bits per heavy atom. The second kappa shape index (κ2) is 6.49. The lowest BCUT2D eigenvalue weighted by Gasteiger charge is -2.04. The molecular formula is C14H12F2N2O. The van der Waals surface area contributed by atoms with Crippen molar-refractivity contribution in [2.75, 3.05) is 5.43 Å². The van der Waals surface area contributed by atoms with Crippen LogP contribution in [0.5, 0.6) is 5.75 Å². The van der Waals surface area contributed by atoms with Crippen molar-refractivity contribution in [3.63, 3.8) is 0 Å². The normalized spacial score (nSPS) is 10.9. The lowest BCUT2D eigenvalue weighted by atomic mass is 10.2. The van der Waals surface area contributed by atoms with E-state index in [0.29, 0.717) is 5.56 Å². The van der Waals surface area contributed by atoms with Crippen LogP contribution < -0.4 is 10.2 Å². The lowest BCUT2D eigenvalue weighted by Crippen LogP contribution is -2.02. The smallest absolute Gasteiger partial charge is 0.387 e. The van der Waals surface area contributed by atoms with Crippen LogP contribution >= 0.6 is 0 Å². The summed E-state index contributed by atoms with van der Waals surface area (Å²) in [7, 11) is 0. The van der Waals surface area contributed by atoms with Crippen LogP contribution in [0.15, 0.2) is 59.7 Å². The molecule has 0 heterocycles. The number of alkyl halides is 2. The van der Waals surface area contributed by atoms with Crippen molar-refractivity contribution in [2.45, 2.75) is 6.61 Å². The van der Waals surface area contributed by atoms with Crippen LogP contribution in [-0.2, 0) is 0 Å². The second-order valence-electron chi connectivity index (χ2n) is 3.69. The third-order valence-corrected chi connectivity index (χ3v) is 2.26. The van der Waals surface area contributed by atoms with E-state index in [4.69, 9.17) is 0 Å². The van der Waals surface area contributed by atoms with Crippen molar-refractivity contribution in [2.24, 2.45) is 5.10 Å². The van der Waals surface area contributed by atoms with Crippen LogP contribution in [0.25, 0.3) is 0 Å². The van der Waals surface area contributed by atoms with Gasteiger partial charge in [0, 0.05) is 0 Å². The highest BCUT2D eigenvalue weighted by Gasteiger charge is 2.03. The molecule has 0 atom stereocenters. The highest BCUT2D eigenvalue weighted by Crippen LogP contribution is 2.15. The number of benzene rings is 2. The van der Waals surface area contributed by atoms with Crippen LogP contribution in [0.2, 0.25) is 0 Å². The number of hydrogen-bond donors (Lipinski definition) is 1. The topological polar surface area (TPSA) is 33.6 Å². The molecule has 1 N–H and O–H groups in total. The SMILES string of the molecule is FC(F)Oc1cccc(C=NNc2ccccc2)c1. The summed E-state index contributed by atoms with van der Waals surface area (Å²) in [6, 6.07) is 15.7. The van der Waals surface area contributed by atoms with Gasteiger partial charge in [-0.1, -0.05) is 30.3 Å². The summed E-state index contributed by atoms with van der Waals surface area (Å²) in [5.41, 5.74) is 4.35. The van der Waals surface area contributed by atoms with E-state index in [1.165, 1.54) is 18.3 Å². The van der Waals surface area contributed by atoms with Gasteiger partial charge in [0.25, 0.3) is 0 Å². The van der Waals surface area contributed by atoms with E-state index in [1.807, 2.05) is 30.3 Å². The molecule has 5 heteroatoms. The molecule has 2 aromatic rings. The second-order valence-corrected chi connectivity index (χ2v) is 3.69. The van der Waals surface area contributed by atoms with Crippen LogP contribution in [-0.4, -0.2) is 12.8 Å². The molecule has 19 heavy (non-hydrogen) atoms. The van der Waals surface area contributed by atoms with Crippen LogP contribution in [0.1, 0.15) is 5.56 Å². The highest BCUT2D eigenvalue weighted by atomic mass is 19.3. The lowest BCUT2D eigenvalue weighted by molar-refractivity contribution is -0.0498. The number of nitrogens with one attached hydrogen (secondary N) is 1. The summed E-state index contributed by atoms with van der Waals surface area (Å²) in [5.74, 6) is 0.110. The molecule has 0 bridgehead atoms. The van der Waals surface area contributed by atoms with Gasteiger partial charge in [0.15, 0.2) is 0 Å². The Labute approximate surface area is 109 Å². The number of rotatable bonds is 5. The monoisotopic (exact) mass is 262 g/mol. The van der Waals surface area contributed by atoms with E-state index >= 15 is 0 Å². The fraction of sp³-hybridized carbons (Fsp3) is 0.0714. The molecule has 0 aliphatic carbocycles. The van der Waals surface area contributed by atoms with Gasteiger partial charge in [-0.15, -0.1) is 0 Å². The summed E-state index contributed by atoms with van der Waals surface area (Å²) in [5, 5.41) is 4.01. The minimum absolute atomic E-state index is 0.110. The summed E-state index contributed by atoms with van der Waals surface area (Å²) in [6.45, 7) is -2.82. The number of hydrazone groups is 1. The average Bonchev–Trinajstić information content (AvgIpc) is 2.40. The van der Waals surface area contributed by atoms with Crippen LogP contribution in [0, 0.1) is 0 Å². The third-order valence-electron chi connectivity index (χ3n) is 2.26. The van der Waals surface area contributed by atoms with Crippen molar-refractivity contribution in [1.82, 2.24) is 0 Å². The van der Waals surface area contributed by atoms with Gasteiger partial charge in [0.2, 0.25) is 0 Å². The number of nitrogens with zero attached hydrogens (tertiary/aromatic N) is 1. The minimum Gasteiger partial charge on any atom is -0.435 e. The Morgan fingerprint density at radius 2 is 1.84 bits per heavy atom. The number of para-hydroxylation sites is 1. The molecule has 0 aliphatic heterocycles. The first-order valence-corrected chi connectivity index (χ1v) is 5.63. The van der Waals surface area contributed by atoms with E-state index in [1.54, 1.807) is 12.1 Å². The molecule has 0 unspecified atom stereocenters. The Kier molecular flexibility index (Phi) is 4.44. The maximum Gasteiger partial charge on any atom is 0.387 e. The average molecular weight is 262 g/mol. The number of hydrogen-bond acceptors (Lipinski definition) is 3. The predicted molar refractivity (Wildman–Crippen MR) is 70.7 cm³/mol. The predicted octanol–water partition coefficient (Wildman–Crippen LogP) is 3.73. The van der Waals surface area contributed by atoms with E-state index < -0.39 is 6.61 Å². The Morgan fingerprint density at radius 3 is 2.58 bits per heavy atom. The molecule has 0 saturated carbocycles. The maximum atomic E-state index is 12.1. The fourth-order valence-corrected chi connectivity index (χ4v) is 1.47. The van der Waals surface area contributed by atoms with Crippen molar-refractivity contribution < 1.29 is 13.5 Å². The molecule has 0 amide bonds. The van der Waals surface area contributed by atoms with Gasteiger partial charge >= 0.3 is 6.61 Å². The quantitative estimate of drug-likeness (QED) is 0.658. The molecular weight excluding hydrogens is 250 g/mol. The zero-order chi connectivity index (χ0) is 13.5. The number of halogens is 2. The zero-order valence-corrected chi connectivity index (χ0v) is 9.96. The molecule has 0 aliphatic rings. The van der Waals surface area contributed by atoms with Gasteiger partial charge in [-0.25, -0.2) is 0 Å². The van der Waals surface area contributed by atoms with Crippen LogP contribution in [0.4, 0.5) is 14.5 Å². The summed E-state index contributed by atoms with van der Waals surface area (Å²) in [4.78, 5) is 0. The largest absolute Gasteiger partial charge is 0.435 e. The minimum atomic E-state index is -2.82. The van der Waals surface area contributed by atoms with E-state index in [9.17, 15) is 8.78 Å². The van der Waals surface area contributed by atoms with E-state index in [2.05, 4.69) is 15.3 Å². The molecule has 2 aromatic carbocycles. The maximum absolute atomic E-state index is 12.1. The fourth-order valence-electron chi connectivity index (χ4n) is 1.47. The first-order chi connectivity index (χ1) is 9.24. The number of anilines is 1. The van der Waals surface area contributed by atoms with Crippen LogP contribution in [0.3, 0.4) is 0 Å². The van der Waals surface area contributed by atoms with Gasteiger partial charge in [-0.05, 0) is 29.8 Å². The first kappa shape index (κ1) is 13.0. The van der Waals surface area contributed by atoms with Gasteiger partial charge in [0.05, 0.1) is 11.9 Å². The number of ether oxygens (including phenoxy) is 1. The Hall–Kier alpha value is -2.43. The van der Waals surface area contributed by atoms with Crippen molar-refractivity contribution in [3.8, 4) is 5.75 Å². The molecule has 0 radical (unpaired) electrons. The molecule has 3 nitrogen and oxygen atoms in total. The summed E-state index contributed by atoms with van der Waals surface area (Å²) < 4.78 is 28.4. The molecule has 98 valence electrons. The van der Waals surface area contributed by atoms with Gasteiger partial charge in [-0.2, -0.15) is 13.9 Å². The van der Waals surface area contributed by atoms with E-state index in [0.717, 1.165) is 5.69 Å². The summed E-state index contributed by atoms with van der Waals surface area (Å²) >= 11 is 0. The Balaban J connectivity index is 1.99. The molecule has 0 aromatic heterocycles. The van der Waals surface area contributed by atoms with Crippen molar-refractivity contribution >= 4 is 11.9 Å². The molecule has 2 rings (SSSR count). The van der Waals surface area contributed by atoms with E-state index in [-0.39, 0.29) is 5.75 Å². The zero-order valence-electron chi connectivity index (χ0n) is 9.96. The van der Waals surface area contributed by atoms with Gasteiger partial charge in [-0.3, -0.25) is 5.43 Å². The summed E-state index contributed by atoms with van der Waals surface area (Å²) in [6.07, 6.45) is 1.53. The van der Waals surface area contributed by atoms with Crippen molar-refractivity contribution in [3.05, 3.63) is 60.2 Å². The molecule has 0 fully saturated rings. The Bertz CT molecular complexity index is 544. The van der Waals surface area contributed by atoms with Gasteiger partial charge in [0.1, 0.15) is 5.75 Å².